The van der Waals surface area contributed by atoms with Gasteiger partial charge in [0.15, 0.2) is 0 Å². The summed E-state index contributed by atoms with van der Waals surface area (Å²) in [6.07, 6.45) is 0. The monoisotopic (exact) mass is 245 g/mol. The molecule has 8 heteroatoms. The zero-order valence-electron chi connectivity index (χ0n) is 5.34. The fraction of sp³-hybridized carbons (Fsp3) is 0.667. The molecule has 0 aromatic rings. The third-order valence-corrected chi connectivity index (χ3v) is 2.53. The van der Waals surface area contributed by atoms with Crippen molar-refractivity contribution in [3.8, 4) is 0 Å². The van der Waals surface area contributed by atoms with Gasteiger partial charge in [0.05, 0.1) is 0 Å². The Kier molecular flexibility index (Phi) is 4.20. The number of carboxylic acid groups (broad SMARTS) is 1. The number of thiol groups is 1. The van der Waals surface area contributed by atoms with E-state index in [0.29, 0.717) is 0 Å². The van der Waals surface area contributed by atoms with Crippen LogP contribution in [0.15, 0.2) is 0 Å². The van der Waals surface area contributed by atoms with Gasteiger partial charge in [-0.2, -0.15) is 0 Å². The van der Waals surface area contributed by atoms with E-state index in [1.165, 1.54) is 0 Å². The van der Waals surface area contributed by atoms with E-state index in [4.69, 9.17) is 13.3 Å². The summed E-state index contributed by atoms with van der Waals surface area (Å²) in [7, 11) is 0. The second-order valence-electron chi connectivity index (χ2n) is 1.75. The summed E-state index contributed by atoms with van der Waals surface area (Å²) in [6, 6.07) is -1.29. The van der Waals surface area contributed by atoms with Crippen LogP contribution in [-0.2, 0) is 8.53 Å². The minimum absolute atomic E-state index is 0.165. The number of hydrogen-bond donors (Lipinski definition) is 5. The summed E-state index contributed by atoms with van der Waals surface area (Å²) in [4.78, 5) is 10.2. The van der Waals surface area contributed by atoms with Crippen molar-refractivity contribution >= 4 is 33.0 Å². The fourth-order valence-electron chi connectivity index (χ4n) is 0.377. The Morgan fingerprint density at radius 3 is 2.18 bits per heavy atom. The molecule has 11 heavy (non-hydrogen) atoms. The first kappa shape index (κ1) is 11.1. The molecule has 0 spiro atoms. The van der Waals surface area contributed by atoms with Gasteiger partial charge in [0, 0.05) is 0 Å². The van der Waals surface area contributed by atoms with Gasteiger partial charge in [0.2, 0.25) is 0 Å². The van der Waals surface area contributed by atoms with Gasteiger partial charge in [0.25, 0.3) is 0 Å². The predicted molar refractivity (Wildman–Crippen MR) is 39.3 cm³/mol. The van der Waals surface area contributed by atoms with Gasteiger partial charge in [-0.1, -0.05) is 0 Å². The molecule has 0 amide bonds. The van der Waals surface area contributed by atoms with Crippen LogP contribution in [0.25, 0.3) is 0 Å². The van der Waals surface area contributed by atoms with E-state index < -0.39 is 26.4 Å². The molecule has 0 rings (SSSR count). The molecule has 0 bridgehead atoms. The average molecular weight is 245 g/mol. The zero-order chi connectivity index (χ0) is 9.07. The van der Waals surface area contributed by atoms with Crippen molar-refractivity contribution in [3.63, 3.8) is 0 Å². The number of carbonyl (C=O) groups is 1. The third-order valence-electron chi connectivity index (χ3n) is 0.805. The van der Waals surface area contributed by atoms with E-state index in [9.17, 15) is 8.53 Å². The maximum atomic E-state index is 10.3. The summed E-state index contributed by atoms with van der Waals surface area (Å²) < 4.78 is 28.6. The Morgan fingerprint density at radius 1 is 1.64 bits per heavy atom. The van der Waals surface area contributed by atoms with E-state index in [0.717, 1.165) is 0 Å². The van der Waals surface area contributed by atoms with Crippen molar-refractivity contribution < 1.29 is 21.8 Å². The average Bonchev–Trinajstić information content (AvgIpc) is 1.80. The second-order valence-corrected chi connectivity index (χ2v) is 4.94. The molecule has 0 aliphatic rings. The SMILES string of the molecule is O=C(O)[C@@H](CS)N[As](=O)(O)O. The van der Waals surface area contributed by atoms with Crippen LogP contribution in [0.3, 0.4) is 0 Å². The van der Waals surface area contributed by atoms with Crippen LogP contribution in [0, 0.1) is 0 Å². The quantitative estimate of drug-likeness (QED) is 0.284. The molecule has 4 N–H and O–H groups in total. The molecule has 0 heterocycles. The molecule has 1 atom stereocenters. The molecule has 0 unspecified atom stereocenters. The molecule has 6 nitrogen and oxygen atoms in total. The third kappa shape index (κ3) is 5.34. The van der Waals surface area contributed by atoms with Gasteiger partial charge < -0.3 is 0 Å². The molecule has 0 aromatic carbocycles. The summed E-state index contributed by atoms with van der Waals surface area (Å²) in [5.41, 5.74) is 0. The molecule has 0 fully saturated rings. The maximum absolute atomic E-state index is 10.3. The van der Waals surface area contributed by atoms with E-state index >= 15 is 0 Å². The molecule has 0 saturated heterocycles. The van der Waals surface area contributed by atoms with Crippen LogP contribution < -0.4 is 4.23 Å². The number of hydrogen-bond acceptors (Lipinski definition) is 3. The van der Waals surface area contributed by atoms with Crippen molar-refractivity contribution in [2.24, 2.45) is 0 Å². The van der Waals surface area contributed by atoms with Crippen LogP contribution >= 0.6 is 12.6 Å². The zero-order valence-corrected chi connectivity index (χ0v) is 8.11. The van der Waals surface area contributed by atoms with Crippen molar-refractivity contribution in [1.82, 2.24) is 4.23 Å². The number of rotatable bonds is 4. The fourth-order valence-corrected chi connectivity index (χ4v) is 2.21. The molecule has 0 aliphatic heterocycles. The van der Waals surface area contributed by atoms with Crippen molar-refractivity contribution in [2.75, 3.05) is 5.75 Å². The first-order valence-electron chi connectivity index (χ1n) is 2.54. The summed E-state index contributed by atoms with van der Waals surface area (Å²) in [5, 5.41) is 8.29. The van der Waals surface area contributed by atoms with Crippen molar-refractivity contribution in [2.45, 2.75) is 6.04 Å². The van der Waals surface area contributed by atoms with Gasteiger partial charge >= 0.3 is 70.9 Å². The molecule has 0 aliphatic carbocycles. The van der Waals surface area contributed by atoms with Gasteiger partial charge in [-0.05, 0) is 0 Å². The number of nitrogens with one attached hydrogen (secondary N) is 1. The molecular formula is C3H8AsNO5S. The van der Waals surface area contributed by atoms with E-state index in [2.05, 4.69) is 12.6 Å². The predicted octanol–water partition coefficient (Wildman–Crippen LogP) is -2.19. The molecule has 0 saturated carbocycles. The molecule has 0 aromatic heterocycles. The van der Waals surface area contributed by atoms with Crippen LogP contribution in [0.2, 0.25) is 0 Å². The van der Waals surface area contributed by atoms with Gasteiger partial charge in [-0.15, -0.1) is 0 Å². The van der Waals surface area contributed by atoms with Crippen LogP contribution in [0.1, 0.15) is 0 Å². The van der Waals surface area contributed by atoms with E-state index in [1.54, 1.807) is 4.23 Å². The second kappa shape index (κ2) is 4.18. The van der Waals surface area contributed by atoms with Gasteiger partial charge in [-0.3, -0.25) is 0 Å². The van der Waals surface area contributed by atoms with Crippen LogP contribution in [-0.4, -0.2) is 45.5 Å². The van der Waals surface area contributed by atoms with Crippen molar-refractivity contribution in [3.05, 3.63) is 0 Å². The van der Waals surface area contributed by atoms with Crippen molar-refractivity contribution in [1.29, 1.82) is 0 Å². The van der Waals surface area contributed by atoms with Crippen LogP contribution in [0.5, 0.6) is 0 Å². The number of aliphatic carboxylic acids is 1. The Balaban J connectivity index is 4.10. The first-order chi connectivity index (χ1) is 4.87. The Hall–Kier alpha value is 0.0584. The van der Waals surface area contributed by atoms with E-state index in [1.807, 2.05) is 0 Å². The van der Waals surface area contributed by atoms with Gasteiger partial charge in [-0.25, -0.2) is 0 Å². The van der Waals surface area contributed by atoms with Gasteiger partial charge in [0.1, 0.15) is 0 Å². The minimum atomic E-state index is -5.04. The first-order valence-corrected chi connectivity index (χ1v) is 6.55. The topological polar surface area (TPSA) is 107 Å². The Bertz CT molecular complexity index is 190. The Labute approximate surface area is 71.2 Å². The Morgan fingerprint density at radius 2 is 2.09 bits per heavy atom. The van der Waals surface area contributed by atoms with Crippen LogP contribution in [0.4, 0.5) is 0 Å². The molecule has 0 radical (unpaired) electrons. The number of carboxylic acids is 1. The molecule has 66 valence electrons. The summed E-state index contributed by atoms with van der Waals surface area (Å²) in [5.74, 6) is -1.49. The molecular weight excluding hydrogens is 237 g/mol. The summed E-state index contributed by atoms with van der Waals surface area (Å²) >= 11 is -1.45. The van der Waals surface area contributed by atoms with E-state index in [-0.39, 0.29) is 5.75 Å². The normalized spacial score (nSPS) is 14.5. The summed E-state index contributed by atoms with van der Waals surface area (Å²) in [6.45, 7) is 0. The standard InChI is InChI=1S/C3H8AsNO5S/c6-3(7)2(1-11)5-4(8,9)10/h2,11H,1H2,(H,6,7)(H3,5,8,9,10)/t2-/m1/s1.